The number of methoxy groups -OCH3 is 2. The number of nitrogens with one attached hydrogen (secondary N) is 1. The Morgan fingerprint density at radius 2 is 1.95 bits per heavy atom. The molecule has 0 amide bonds. The number of guanidine groups is 1. The topological polar surface area (TPSA) is 68.9 Å². The number of aryl methyl sites for hydroxylation is 1. The maximum Gasteiger partial charge on any atom is 0.188 e. The van der Waals surface area contributed by atoms with E-state index in [1.54, 1.807) is 14.2 Å². The molecule has 0 aromatic heterocycles. The van der Waals surface area contributed by atoms with Crippen molar-refractivity contribution in [3.63, 3.8) is 0 Å². The van der Waals surface area contributed by atoms with E-state index in [-0.39, 0.29) is 0 Å². The van der Waals surface area contributed by atoms with Crippen LogP contribution in [0.5, 0.6) is 11.5 Å². The van der Waals surface area contributed by atoms with E-state index in [2.05, 4.69) is 30.2 Å². The van der Waals surface area contributed by atoms with Gasteiger partial charge >= 0.3 is 0 Å². The number of ether oxygens (including phenoxy) is 2. The largest absolute Gasteiger partial charge is 0.493 e. The minimum Gasteiger partial charge on any atom is -0.493 e. The van der Waals surface area contributed by atoms with Crippen LogP contribution in [0.4, 0.5) is 0 Å². The second-order valence-electron chi connectivity index (χ2n) is 5.34. The van der Waals surface area contributed by atoms with Crippen LogP contribution in [0.3, 0.4) is 0 Å². The van der Waals surface area contributed by atoms with Gasteiger partial charge in [0.1, 0.15) is 0 Å². The normalized spacial score (nSPS) is 11.6. The molecule has 21 heavy (non-hydrogen) atoms. The summed E-state index contributed by atoms with van der Waals surface area (Å²) in [6.45, 7) is 5.80. The van der Waals surface area contributed by atoms with Crippen molar-refractivity contribution >= 4 is 5.96 Å². The molecule has 0 saturated heterocycles. The summed E-state index contributed by atoms with van der Waals surface area (Å²) in [6.07, 6.45) is 1.93. The van der Waals surface area contributed by atoms with Crippen molar-refractivity contribution in [2.45, 2.75) is 26.7 Å². The minimum atomic E-state index is 0.524. The predicted octanol–water partition coefficient (Wildman–Crippen LogP) is 2.20. The molecule has 0 saturated carbocycles. The SMILES string of the molecule is COc1ccc(CCCNC(N)=NCC(C)C)cc1OC. The van der Waals surface area contributed by atoms with E-state index < -0.39 is 0 Å². The zero-order valence-electron chi connectivity index (χ0n) is 13.5. The van der Waals surface area contributed by atoms with Gasteiger partial charge in [-0.2, -0.15) is 0 Å². The Balaban J connectivity index is 2.37. The molecule has 0 spiro atoms. The second-order valence-corrected chi connectivity index (χ2v) is 5.34. The summed E-state index contributed by atoms with van der Waals surface area (Å²) in [5, 5.41) is 3.13. The van der Waals surface area contributed by atoms with E-state index in [0.29, 0.717) is 11.9 Å². The summed E-state index contributed by atoms with van der Waals surface area (Å²) in [6, 6.07) is 5.99. The van der Waals surface area contributed by atoms with E-state index in [4.69, 9.17) is 15.2 Å². The van der Waals surface area contributed by atoms with Crippen molar-refractivity contribution in [1.82, 2.24) is 5.32 Å². The number of hydrogen-bond acceptors (Lipinski definition) is 3. The van der Waals surface area contributed by atoms with Crippen LogP contribution in [-0.4, -0.2) is 33.3 Å². The van der Waals surface area contributed by atoms with Gasteiger partial charge in [0.25, 0.3) is 0 Å². The zero-order valence-corrected chi connectivity index (χ0v) is 13.5. The maximum atomic E-state index is 5.79. The predicted molar refractivity (Wildman–Crippen MR) is 87.2 cm³/mol. The summed E-state index contributed by atoms with van der Waals surface area (Å²) >= 11 is 0. The van der Waals surface area contributed by atoms with Gasteiger partial charge < -0.3 is 20.5 Å². The Bertz CT molecular complexity index is 459. The fourth-order valence-corrected chi connectivity index (χ4v) is 1.88. The molecule has 0 radical (unpaired) electrons. The molecule has 3 N–H and O–H groups in total. The molecule has 5 heteroatoms. The fourth-order valence-electron chi connectivity index (χ4n) is 1.88. The number of nitrogens with zero attached hydrogens (tertiary/aromatic N) is 1. The first-order chi connectivity index (χ1) is 10.1. The van der Waals surface area contributed by atoms with Crippen LogP contribution < -0.4 is 20.5 Å². The number of benzene rings is 1. The molecule has 0 aliphatic carbocycles. The molecule has 0 aliphatic heterocycles. The molecular weight excluding hydrogens is 266 g/mol. The quantitative estimate of drug-likeness (QED) is 0.438. The van der Waals surface area contributed by atoms with E-state index >= 15 is 0 Å². The van der Waals surface area contributed by atoms with Gasteiger partial charge in [-0.05, 0) is 36.5 Å². The van der Waals surface area contributed by atoms with Crippen molar-refractivity contribution in [3.8, 4) is 11.5 Å². The molecule has 5 nitrogen and oxygen atoms in total. The van der Waals surface area contributed by atoms with Crippen molar-refractivity contribution < 1.29 is 9.47 Å². The van der Waals surface area contributed by atoms with E-state index in [9.17, 15) is 0 Å². The van der Waals surface area contributed by atoms with Crippen molar-refractivity contribution in [1.29, 1.82) is 0 Å². The molecule has 0 unspecified atom stereocenters. The second kappa shape index (κ2) is 9.10. The highest BCUT2D eigenvalue weighted by Crippen LogP contribution is 2.27. The highest BCUT2D eigenvalue weighted by Gasteiger charge is 2.04. The molecule has 0 atom stereocenters. The summed E-state index contributed by atoms with van der Waals surface area (Å²) in [7, 11) is 3.29. The van der Waals surface area contributed by atoms with Crippen LogP contribution in [0.25, 0.3) is 0 Å². The van der Waals surface area contributed by atoms with E-state index in [1.807, 2.05) is 12.1 Å². The van der Waals surface area contributed by atoms with Gasteiger partial charge in [0.15, 0.2) is 17.5 Å². The first-order valence-electron chi connectivity index (χ1n) is 7.31. The van der Waals surface area contributed by atoms with E-state index in [1.165, 1.54) is 5.56 Å². The Labute approximate surface area is 127 Å². The minimum absolute atomic E-state index is 0.524. The van der Waals surface area contributed by atoms with E-state index in [0.717, 1.165) is 37.4 Å². The molecule has 0 aliphatic rings. The number of rotatable bonds is 8. The molecule has 1 rings (SSSR count). The van der Waals surface area contributed by atoms with Gasteiger partial charge in [-0.25, -0.2) is 0 Å². The lowest BCUT2D eigenvalue weighted by Crippen LogP contribution is -2.33. The molecule has 1 aromatic rings. The smallest absolute Gasteiger partial charge is 0.188 e. The standard InChI is InChI=1S/C16H27N3O2/c1-12(2)11-19-16(17)18-9-5-6-13-7-8-14(20-3)15(10-13)21-4/h7-8,10,12H,5-6,9,11H2,1-4H3,(H3,17,18,19). The lowest BCUT2D eigenvalue weighted by molar-refractivity contribution is 0.354. The molecule has 0 fully saturated rings. The average Bonchev–Trinajstić information content (AvgIpc) is 2.49. The first-order valence-corrected chi connectivity index (χ1v) is 7.31. The van der Waals surface area contributed by atoms with Crippen LogP contribution in [0.15, 0.2) is 23.2 Å². The van der Waals surface area contributed by atoms with Gasteiger partial charge in [0.05, 0.1) is 14.2 Å². The van der Waals surface area contributed by atoms with Crippen LogP contribution in [0.2, 0.25) is 0 Å². The van der Waals surface area contributed by atoms with Gasteiger partial charge in [0.2, 0.25) is 0 Å². The number of nitrogens with two attached hydrogens (primary N) is 1. The zero-order chi connectivity index (χ0) is 15.7. The van der Waals surface area contributed by atoms with Crippen molar-refractivity contribution in [2.75, 3.05) is 27.3 Å². The summed E-state index contributed by atoms with van der Waals surface area (Å²) < 4.78 is 10.5. The van der Waals surface area contributed by atoms with Crippen LogP contribution in [0, 0.1) is 5.92 Å². The molecule has 118 valence electrons. The first kappa shape index (κ1) is 17.1. The summed E-state index contributed by atoms with van der Waals surface area (Å²) in [5.41, 5.74) is 7.00. The van der Waals surface area contributed by atoms with Crippen LogP contribution in [0.1, 0.15) is 25.8 Å². The van der Waals surface area contributed by atoms with Crippen molar-refractivity contribution in [3.05, 3.63) is 23.8 Å². The Hall–Kier alpha value is -1.91. The molecular formula is C16H27N3O2. The van der Waals surface area contributed by atoms with Gasteiger partial charge in [-0.1, -0.05) is 19.9 Å². The number of aliphatic imine (C=N–C) groups is 1. The maximum absolute atomic E-state index is 5.79. The fraction of sp³-hybridized carbons (Fsp3) is 0.562. The highest BCUT2D eigenvalue weighted by atomic mass is 16.5. The lowest BCUT2D eigenvalue weighted by atomic mass is 10.1. The lowest BCUT2D eigenvalue weighted by Gasteiger charge is -2.10. The highest BCUT2D eigenvalue weighted by molar-refractivity contribution is 5.77. The number of hydrogen-bond donors (Lipinski definition) is 2. The van der Waals surface area contributed by atoms with Gasteiger partial charge in [-0.3, -0.25) is 4.99 Å². The van der Waals surface area contributed by atoms with Crippen LogP contribution in [-0.2, 0) is 6.42 Å². The van der Waals surface area contributed by atoms with Crippen molar-refractivity contribution in [2.24, 2.45) is 16.6 Å². The third-order valence-electron chi connectivity index (χ3n) is 3.02. The summed E-state index contributed by atoms with van der Waals surface area (Å²) in [4.78, 5) is 4.27. The molecule has 0 heterocycles. The Kier molecular flexibility index (Phi) is 7.43. The molecule has 1 aromatic carbocycles. The monoisotopic (exact) mass is 293 g/mol. The van der Waals surface area contributed by atoms with Gasteiger partial charge in [0, 0.05) is 13.1 Å². The third-order valence-corrected chi connectivity index (χ3v) is 3.02. The Morgan fingerprint density at radius 1 is 1.24 bits per heavy atom. The molecule has 0 bridgehead atoms. The van der Waals surface area contributed by atoms with Crippen LogP contribution >= 0.6 is 0 Å². The summed E-state index contributed by atoms with van der Waals surface area (Å²) in [5.74, 6) is 2.57. The third kappa shape index (κ3) is 6.38. The van der Waals surface area contributed by atoms with Gasteiger partial charge in [-0.15, -0.1) is 0 Å². The Morgan fingerprint density at radius 3 is 2.57 bits per heavy atom. The average molecular weight is 293 g/mol.